The van der Waals surface area contributed by atoms with Crippen molar-refractivity contribution in [3.63, 3.8) is 0 Å². The van der Waals surface area contributed by atoms with Gasteiger partial charge in [-0.1, -0.05) is 12.1 Å². The number of nitrogens with one attached hydrogen (secondary N) is 1. The summed E-state index contributed by atoms with van der Waals surface area (Å²) in [4.78, 5) is 12.0. The van der Waals surface area contributed by atoms with E-state index in [1.807, 2.05) is 6.92 Å². The van der Waals surface area contributed by atoms with Crippen LogP contribution in [0.15, 0.2) is 34.9 Å². The van der Waals surface area contributed by atoms with Crippen molar-refractivity contribution < 1.29 is 18.4 Å². The third kappa shape index (κ3) is 2.95. The third-order valence-corrected chi connectivity index (χ3v) is 3.45. The highest BCUT2D eigenvalue weighted by Gasteiger charge is 2.33. The summed E-state index contributed by atoms with van der Waals surface area (Å²) in [5.41, 5.74) is 1.19. The second-order valence-corrected chi connectivity index (χ2v) is 5.57. The summed E-state index contributed by atoms with van der Waals surface area (Å²) < 4.78 is 23.0. The zero-order valence-electron chi connectivity index (χ0n) is 11.6. The summed E-state index contributed by atoms with van der Waals surface area (Å²) in [5.74, 6) is -0.502. The Balaban J connectivity index is 1.66. The molecular weight excluding hydrogens is 275 g/mol. The smallest absolute Gasteiger partial charge is 0.289 e. The maximum Gasteiger partial charge on any atom is 0.289 e. The number of rotatable bonds is 4. The van der Waals surface area contributed by atoms with Gasteiger partial charge in [0, 0.05) is 23.6 Å². The molecule has 21 heavy (non-hydrogen) atoms. The number of amides is 1. The van der Waals surface area contributed by atoms with E-state index in [0.717, 1.165) is 0 Å². The molecule has 5 nitrogen and oxygen atoms in total. The van der Waals surface area contributed by atoms with Crippen molar-refractivity contribution >= 4 is 5.91 Å². The van der Waals surface area contributed by atoms with Crippen LogP contribution in [0.25, 0.3) is 11.3 Å². The van der Waals surface area contributed by atoms with Gasteiger partial charge in [-0.3, -0.25) is 4.79 Å². The van der Waals surface area contributed by atoms with Crippen LogP contribution >= 0.6 is 0 Å². The second kappa shape index (κ2) is 5.29. The number of aromatic nitrogens is 1. The van der Waals surface area contributed by atoms with E-state index in [2.05, 4.69) is 10.5 Å². The molecule has 0 unspecified atom stereocenters. The summed E-state index contributed by atoms with van der Waals surface area (Å²) in [7, 11) is 0. The highest BCUT2D eigenvalue weighted by atomic mass is 19.1. The Labute approximate surface area is 121 Å². The van der Waals surface area contributed by atoms with Crippen LogP contribution in [-0.2, 0) is 4.74 Å². The van der Waals surface area contributed by atoms with E-state index in [4.69, 9.17) is 9.26 Å². The molecule has 0 saturated carbocycles. The van der Waals surface area contributed by atoms with E-state index in [1.165, 1.54) is 12.1 Å². The first kappa shape index (κ1) is 13.8. The average molecular weight is 290 g/mol. The van der Waals surface area contributed by atoms with Gasteiger partial charge in [0.15, 0.2) is 0 Å². The highest BCUT2D eigenvalue weighted by molar-refractivity contribution is 5.92. The molecule has 0 bridgehead atoms. The van der Waals surface area contributed by atoms with Crippen molar-refractivity contribution in [2.24, 2.45) is 5.41 Å². The first-order valence-corrected chi connectivity index (χ1v) is 6.64. The minimum absolute atomic E-state index is 0.00450. The number of nitrogens with zero attached hydrogens (tertiary/aromatic N) is 1. The van der Waals surface area contributed by atoms with Gasteiger partial charge in [0.1, 0.15) is 11.5 Å². The lowest BCUT2D eigenvalue weighted by Crippen LogP contribution is -2.48. The number of hydrogen-bond donors (Lipinski definition) is 1. The quantitative estimate of drug-likeness (QED) is 0.938. The molecule has 1 aliphatic rings. The normalized spacial score (nSPS) is 16.3. The van der Waals surface area contributed by atoms with Crippen LogP contribution in [-0.4, -0.2) is 30.8 Å². The minimum Gasteiger partial charge on any atom is -0.380 e. The number of ether oxygens (including phenoxy) is 1. The summed E-state index contributed by atoms with van der Waals surface area (Å²) >= 11 is 0. The molecule has 1 amide bonds. The molecule has 1 aliphatic heterocycles. The number of halogens is 1. The molecule has 3 rings (SSSR count). The lowest BCUT2D eigenvalue weighted by molar-refractivity contribution is -0.0978. The van der Waals surface area contributed by atoms with Gasteiger partial charge >= 0.3 is 0 Å². The molecule has 0 aliphatic carbocycles. The van der Waals surface area contributed by atoms with Crippen LogP contribution in [0.4, 0.5) is 4.39 Å². The second-order valence-electron chi connectivity index (χ2n) is 5.57. The fraction of sp³-hybridized carbons (Fsp3) is 0.333. The largest absolute Gasteiger partial charge is 0.380 e. The molecule has 1 saturated heterocycles. The molecule has 1 aromatic heterocycles. The number of hydrogen-bond acceptors (Lipinski definition) is 4. The van der Waals surface area contributed by atoms with Crippen LogP contribution in [0, 0.1) is 11.2 Å². The van der Waals surface area contributed by atoms with E-state index < -0.39 is 0 Å². The fourth-order valence-corrected chi connectivity index (χ4v) is 2.07. The monoisotopic (exact) mass is 290 g/mol. The first-order chi connectivity index (χ1) is 10.1. The Kier molecular flexibility index (Phi) is 3.47. The number of carbonyl (C=O) groups excluding carboxylic acids is 1. The van der Waals surface area contributed by atoms with E-state index in [0.29, 0.717) is 31.0 Å². The molecule has 0 atom stereocenters. The van der Waals surface area contributed by atoms with E-state index in [9.17, 15) is 9.18 Å². The molecule has 1 N–H and O–H groups in total. The molecule has 6 heteroatoms. The maximum atomic E-state index is 12.9. The van der Waals surface area contributed by atoms with Gasteiger partial charge in [-0.05, 0) is 24.3 Å². The molecule has 2 heterocycles. The van der Waals surface area contributed by atoms with Crippen molar-refractivity contribution in [2.45, 2.75) is 6.92 Å². The molecule has 110 valence electrons. The predicted octanol–water partition coefficient (Wildman–Crippen LogP) is 2.25. The lowest BCUT2D eigenvalue weighted by atomic mass is 9.89. The fourth-order valence-electron chi connectivity index (χ4n) is 2.07. The summed E-state index contributed by atoms with van der Waals surface area (Å²) in [5, 5.41) is 6.64. The van der Waals surface area contributed by atoms with Gasteiger partial charge in [-0.25, -0.2) is 4.39 Å². The molecule has 1 aromatic carbocycles. The third-order valence-electron chi connectivity index (χ3n) is 3.45. The standard InChI is InChI=1S/C15H15FN2O3/c1-15(8-20-9-15)7-17-14(19)13-6-12(18-21-13)10-2-4-11(16)5-3-10/h2-6H,7-9H2,1H3,(H,17,19). The van der Waals surface area contributed by atoms with Crippen LogP contribution in [0.2, 0.25) is 0 Å². The molecule has 0 radical (unpaired) electrons. The van der Waals surface area contributed by atoms with Gasteiger partial charge in [-0.2, -0.15) is 0 Å². The summed E-state index contributed by atoms with van der Waals surface area (Å²) in [6.45, 7) is 3.86. The van der Waals surface area contributed by atoms with E-state index in [-0.39, 0.29) is 22.9 Å². The SMILES string of the molecule is CC1(CNC(=O)c2cc(-c3ccc(F)cc3)no2)COC1. The number of carbonyl (C=O) groups is 1. The Bertz CT molecular complexity index is 647. The van der Waals surface area contributed by atoms with Gasteiger partial charge in [0.25, 0.3) is 5.91 Å². The Hall–Kier alpha value is -2.21. The first-order valence-electron chi connectivity index (χ1n) is 6.64. The highest BCUT2D eigenvalue weighted by Crippen LogP contribution is 2.25. The zero-order valence-corrected chi connectivity index (χ0v) is 11.6. The van der Waals surface area contributed by atoms with Crippen molar-refractivity contribution in [3.8, 4) is 11.3 Å². The topological polar surface area (TPSA) is 64.4 Å². The van der Waals surface area contributed by atoms with Crippen molar-refractivity contribution in [2.75, 3.05) is 19.8 Å². The Morgan fingerprint density at radius 3 is 2.71 bits per heavy atom. The van der Waals surface area contributed by atoms with E-state index >= 15 is 0 Å². The maximum absolute atomic E-state index is 12.9. The predicted molar refractivity (Wildman–Crippen MR) is 73.2 cm³/mol. The van der Waals surface area contributed by atoms with Crippen molar-refractivity contribution in [1.82, 2.24) is 10.5 Å². The van der Waals surface area contributed by atoms with Crippen molar-refractivity contribution in [3.05, 3.63) is 41.9 Å². The minimum atomic E-state index is -0.323. The summed E-state index contributed by atoms with van der Waals surface area (Å²) in [6.07, 6.45) is 0. The van der Waals surface area contributed by atoms with Gasteiger partial charge in [-0.15, -0.1) is 0 Å². The molecule has 1 fully saturated rings. The van der Waals surface area contributed by atoms with Gasteiger partial charge < -0.3 is 14.6 Å². The zero-order chi connectivity index (χ0) is 14.9. The van der Waals surface area contributed by atoms with Gasteiger partial charge in [0.2, 0.25) is 5.76 Å². The van der Waals surface area contributed by atoms with Crippen molar-refractivity contribution in [1.29, 1.82) is 0 Å². The van der Waals surface area contributed by atoms with Crippen LogP contribution < -0.4 is 5.32 Å². The van der Waals surface area contributed by atoms with Gasteiger partial charge in [0.05, 0.1) is 13.2 Å². The average Bonchev–Trinajstić information content (AvgIpc) is 2.93. The Morgan fingerprint density at radius 1 is 1.38 bits per heavy atom. The lowest BCUT2D eigenvalue weighted by Gasteiger charge is -2.37. The Morgan fingerprint density at radius 2 is 2.10 bits per heavy atom. The summed E-state index contributed by atoms with van der Waals surface area (Å²) in [6, 6.07) is 7.38. The van der Waals surface area contributed by atoms with Crippen LogP contribution in [0.5, 0.6) is 0 Å². The van der Waals surface area contributed by atoms with E-state index in [1.54, 1.807) is 18.2 Å². The van der Waals surface area contributed by atoms with Crippen LogP contribution in [0.1, 0.15) is 17.5 Å². The van der Waals surface area contributed by atoms with Crippen LogP contribution in [0.3, 0.4) is 0 Å². The molecule has 2 aromatic rings. The molecular formula is C15H15FN2O3. The number of benzene rings is 1. The molecule has 0 spiro atoms.